The molecule has 1 aromatic rings. The Balaban J connectivity index is 2.29. The Morgan fingerprint density at radius 1 is 1.50 bits per heavy atom. The van der Waals surface area contributed by atoms with Crippen molar-refractivity contribution >= 4 is 6.08 Å². The molecule has 1 aromatic heterocycles. The fourth-order valence-corrected chi connectivity index (χ4v) is 1.25. The smallest absolute Gasteiger partial charge is 0.235 e. The molecule has 0 aliphatic heterocycles. The molecule has 1 aliphatic rings. The largest absolute Gasteiger partial charge is 0.494 e. The first-order chi connectivity index (χ1) is 6.80. The third-order valence-electron chi connectivity index (χ3n) is 2.26. The molecule has 0 aromatic carbocycles. The Kier molecular flexibility index (Phi) is 2.02. The van der Waals surface area contributed by atoms with Gasteiger partial charge in [-0.25, -0.2) is 14.8 Å². The standard InChI is InChI=1S/C9H9N3O2/c1-14-7-4-10-8(11-5-7)9(2-3-9)12-6-13/h4-5H,2-3H2,1H3. The first-order valence-corrected chi connectivity index (χ1v) is 4.26. The van der Waals surface area contributed by atoms with Crippen molar-refractivity contribution in [1.82, 2.24) is 9.97 Å². The molecule has 5 nitrogen and oxygen atoms in total. The Morgan fingerprint density at radius 2 is 2.14 bits per heavy atom. The van der Waals surface area contributed by atoms with E-state index in [1.54, 1.807) is 25.6 Å². The summed E-state index contributed by atoms with van der Waals surface area (Å²) in [5.74, 6) is 1.17. The number of isocyanates is 1. The molecular formula is C9H9N3O2. The fourth-order valence-electron chi connectivity index (χ4n) is 1.25. The van der Waals surface area contributed by atoms with Gasteiger partial charge in [0.2, 0.25) is 6.08 Å². The molecule has 0 N–H and O–H groups in total. The molecule has 0 spiro atoms. The first kappa shape index (κ1) is 8.84. The van der Waals surface area contributed by atoms with E-state index in [9.17, 15) is 4.79 Å². The van der Waals surface area contributed by atoms with Gasteiger partial charge in [-0.1, -0.05) is 0 Å². The topological polar surface area (TPSA) is 64.4 Å². The van der Waals surface area contributed by atoms with E-state index >= 15 is 0 Å². The Labute approximate surface area is 80.9 Å². The van der Waals surface area contributed by atoms with E-state index < -0.39 is 5.54 Å². The molecule has 1 saturated carbocycles. The molecule has 2 rings (SSSR count). The van der Waals surface area contributed by atoms with Crippen LogP contribution in [-0.2, 0) is 10.3 Å². The van der Waals surface area contributed by atoms with Crippen LogP contribution in [0.25, 0.3) is 0 Å². The highest BCUT2D eigenvalue weighted by molar-refractivity contribution is 5.38. The summed E-state index contributed by atoms with van der Waals surface area (Å²) in [5.41, 5.74) is -0.492. The highest BCUT2D eigenvalue weighted by Crippen LogP contribution is 2.47. The fraction of sp³-hybridized carbons (Fsp3) is 0.444. The second-order valence-corrected chi connectivity index (χ2v) is 3.18. The molecule has 5 heteroatoms. The minimum atomic E-state index is -0.492. The average Bonchev–Trinajstić information content (AvgIpc) is 3.00. The summed E-state index contributed by atoms with van der Waals surface area (Å²) in [5, 5.41) is 0. The lowest BCUT2D eigenvalue weighted by molar-refractivity contribution is 0.409. The summed E-state index contributed by atoms with van der Waals surface area (Å²) in [6.07, 6.45) is 6.33. The molecular weight excluding hydrogens is 182 g/mol. The molecule has 1 heterocycles. The number of hydrogen-bond donors (Lipinski definition) is 0. The maximum Gasteiger partial charge on any atom is 0.235 e. The molecule has 72 valence electrons. The Hall–Kier alpha value is -1.74. The first-order valence-electron chi connectivity index (χ1n) is 4.26. The minimum Gasteiger partial charge on any atom is -0.494 e. The number of methoxy groups -OCH3 is 1. The van der Waals surface area contributed by atoms with Gasteiger partial charge in [0.15, 0.2) is 11.6 Å². The van der Waals surface area contributed by atoms with E-state index in [1.807, 2.05) is 0 Å². The van der Waals surface area contributed by atoms with Gasteiger partial charge in [-0.15, -0.1) is 0 Å². The quantitative estimate of drug-likeness (QED) is 0.524. The maximum absolute atomic E-state index is 10.2. The van der Waals surface area contributed by atoms with Crippen LogP contribution in [0.15, 0.2) is 17.4 Å². The molecule has 1 aliphatic carbocycles. The SMILES string of the molecule is COc1cnc(C2(N=C=O)CC2)nc1. The molecule has 0 bridgehead atoms. The molecule has 0 unspecified atom stereocenters. The number of rotatable bonds is 3. The van der Waals surface area contributed by atoms with Gasteiger partial charge in [-0.2, -0.15) is 4.99 Å². The highest BCUT2D eigenvalue weighted by Gasteiger charge is 2.47. The van der Waals surface area contributed by atoms with Crippen LogP contribution in [0.3, 0.4) is 0 Å². The summed E-state index contributed by atoms with van der Waals surface area (Å²) in [6.45, 7) is 0. The van der Waals surface area contributed by atoms with Crippen molar-refractivity contribution in [3.8, 4) is 5.75 Å². The van der Waals surface area contributed by atoms with Crippen molar-refractivity contribution in [2.45, 2.75) is 18.4 Å². The van der Waals surface area contributed by atoms with Crippen LogP contribution in [-0.4, -0.2) is 23.2 Å². The summed E-state index contributed by atoms with van der Waals surface area (Å²) in [4.78, 5) is 22.1. The monoisotopic (exact) mass is 191 g/mol. The van der Waals surface area contributed by atoms with Crippen molar-refractivity contribution in [3.63, 3.8) is 0 Å². The number of aromatic nitrogens is 2. The zero-order valence-corrected chi connectivity index (χ0v) is 7.73. The summed E-state index contributed by atoms with van der Waals surface area (Å²) >= 11 is 0. The minimum absolute atomic E-state index is 0.492. The van der Waals surface area contributed by atoms with E-state index in [4.69, 9.17) is 4.74 Å². The van der Waals surface area contributed by atoms with Gasteiger partial charge in [0, 0.05) is 0 Å². The van der Waals surface area contributed by atoms with Crippen LogP contribution in [0.4, 0.5) is 0 Å². The van der Waals surface area contributed by atoms with E-state index in [-0.39, 0.29) is 0 Å². The average molecular weight is 191 g/mol. The molecule has 0 amide bonds. The summed E-state index contributed by atoms with van der Waals surface area (Å²) < 4.78 is 4.93. The van der Waals surface area contributed by atoms with Crippen molar-refractivity contribution in [2.75, 3.05) is 7.11 Å². The van der Waals surface area contributed by atoms with Crippen molar-refractivity contribution < 1.29 is 9.53 Å². The van der Waals surface area contributed by atoms with Gasteiger partial charge in [0.05, 0.1) is 19.5 Å². The Morgan fingerprint density at radius 3 is 2.57 bits per heavy atom. The van der Waals surface area contributed by atoms with Crippen molar-refractivity contribution in [2.24, 2.45) is 4.99 Å². The normalized spacial score (nSPS) is 16.9. The van der Waals surface area contributed by atoms with Gasteiger partial charge >= 0.3 is 0 Å². The number of nitrogens with zero attached hydrogens (tertiary/aromatic N) is 3. The maximum atomic E-state index is 10.2. The molecule has 14 heavy (non-hydrogen) atoms. The summed E-state index contributed by atoms with van der Waals surface area (Å²) in [7, 11) is 1.55. The van der Waals surface area contributed by atoms with Crippen LogP contribution in [0.5, 0.6) is 5.75 Å². The molecule has 1 fully saturated rings. The molecule has 0 saturated heterocycles. The second-order valence-electron chi connectivity index (χ2n) is 3.18. The highest BCUT2D eigenvalue weighted by atomic mass is 16.5. The van der Waals surface area contributed by atoms with E-state index in [1.165, 1.54) is 0 Å². The number of hydrogen-bond acceptors (Lipinski definition) is 5. The van der Waals surface area contributed by atoms with Gasteiger partial charge in [-0.05, 0) is 12.8 Å². The van der Waals surface area contributed by atoms with Crippen LogP contribution >= 0.6 is 0 Å². The lowest BCUT2D eigenvalue weighted by Crippen LogP contribution is -2.08. The third-order valence-corrected chi connectivity index (χ3v) is 2.26. The van der Waals surface area contributed by atoms with Gasteiger partial charge in [0.25, 0.3) is 0 Å². The summed E-state index contributed by atoms with van der Waals surface area (Å²) in [6, 6.07) is 0. The third kappa shape index (κ3) is 1.38. The second kappa shape index (κ2) is 3.20. The zero-order chi connectivity index (χ0) is 10.0. The van der Waals surface area contributed by atoms with Crippen molar-refractivity contribution in [3.05, 3.63) is 18.2 Å². The number of carbonyl (C=O) groups excluding carboxylic acids is 1. The zero-order valence-electron chi connectivity index (χ0n) is 7.73. The van der Waals surface area contributed by atoms with Crippen molar-refractivity contribution in [1.29, 1.82) is 0 Å². The van der Waals surface area contributed by atoms with Gasteiger partial charge < -0.3 is 4.74 Å². The Bertz CT molecular complexity index is 378. The van der Waals surface area contributed by atoms with Crippen LogP contribution in [0.1, 0.15) is 18.7 Å². The van der Waals surface area contributed by atoms with Gasteiger partial charge in [0.1, 0.15) is 5.54 Å². The molecule has 0 atom stereocenters. The molecule has 0 radical (unpaired) electrons. The van der Waals surface area contributed by atoms with Crippen LogP contribution in [0.2, 0.25) is 0 Å². The lowest BCUT2D eigenvalue weighted by atomic mass is 10.2. The van der Waals surface area contributed by atoms with E-state index in [0.29, 0.717) is 11.6 Å². The van der Waals surface area contributed by atoms with E-state index in [0.717, 1.165) is 12.8 Å². The lowest BCUT2D eigenvalue weighted by Gasteiger charge is -2.05. The van der Waals surface area contributed by atoms with Gasteiger partial charge in [-0.3, -0.25) is 0 Å². The number of aliphatic imine (C=N–C) groups is 1. The van der Waals surface area contributed by atoms with Crippen LogP contribution < -0.4 is 4.74 Å². The predicted octanol–water partition coefficient (Wildman–Crippen LogP) is 0.810. The predicted molar refractivity (Wildman–Crippen MR) is 47.6 cm³/mol. The number of ether oxygens (including phenoxy) is 1. The van der Waals surface area contributed by atoms with E-state index in [2.05, 4.69) is 15.0 Å². The van der Waals surface area contributed by atoms with Crippen LogP contribution in [0, 0.1) is 0 Å².